The highest BCUT2D eigenvalue weighted by atomic mass is 16.5. The summed E-state index contributed by atoms with van der Waals surface area (Å²) in [6.07, 6.45) is 1.25. The van der Waals surface area contributed by atoms with Gasteiger partial charge in [-0.1, -0.05) is 20.3 Å². The molecular formula is C11H25NO2. The van der Waals surface area contributed by atoms with E-state index in [4.69, 9.17) is 15.2 Å². The van der Waals surface area contributed by atoms with Crippen molar-refractivity contribution < 1.29 is 9.47 Å². The van der Waals surface area contributed by atoms with Crippen molar-refractivity contribution in [3.05, 3.63) is 0 Å². The van der Waals surface area contributed by atoms with Gasteiger partial charge in [0, 0.05) is 12.6 Å². The SMILES string of the molecule is CCOCC(C)OCC(N)C(C)CC. The lowest BCUT2D eigenvalue weighted by atomic mass is 10.0. The molecule has 3 unspecified atom stereocenters. The van der Waals surface area contributed by atoms with Gasteiger partial charge >= 0.3 is 0 Å². The van der Waals surface area contributed by atoms with Crippen LogP contribution in [0.15, 0.2) is 0 Å². The van der Waals surface area contributed by atoms with E-state index < -0.39 is 0 Å². The fraction of sp³-hybridized carbons (Fsp3) is 1.00. The highest BCUT2D eigenvalue weighted by molar-refractivity contribution is 4.67. The van der Waals surface area contributed by atoms with Gasteiger partial charge in [-0.2, -0.15) is 0 Å². The molecule has 0 bridgehead atoms. The van der Waals surface area contributed by atoms with Crippen LogP contribution in [0.4, 0.5) is 0 Å². The van der Waals surface area contributed by atoms with Gasteiger partial charge in [0.1, 0.15) is 0 Å². The normalized spacial score (nSPS) is 17.8. The molecular weight excluding hydrogens is 178 g/mol. The molecule has 0 heterocycles. The molecule has 0 aliphatic rings. The molecule has 14 heavy (non-hydrogen) atoms. The smallest absolute Gasteiger partial charge is 0.0781 e. The third kappa shape index (κ3) is 6.35. The summed E-state index contributed by atoms with van der Waals surface area (Å²) in [5.41, 5.74) is 5.94. The van der Waals surface area contributed by atoms with Gasteiger partial charge < -0.3 is 15.2 Å². The zero-order chi connectivity index (χ0) is 11.0. The van der Waals surface area contributed by atoms with E-state index in [0.29, 0.717) is 19.1 Å². The van der Waals surface area contributed by atoms with Crippen LogP contribution in [0, 0.1) is 5.92 Å². The molecule has 0 aliphatic carbocycles. The lowest BCUT2D eigenvalue weighted by molar-refractivity contribution is -0.0124. The summed E-state index contributed by atoms with van der Waals surface area (Å²) in [7, 11) is 0. The van der Waals surface area contributed by atoms with Crippen LogP contribution in [0.2, 0.25) is 0 Å². The number of hydrogen-bond acceptors (Lipinski definition) is 3. The Morgan fingerprint density at radius 2 is 1.79 bits per heavy atom. The van der Waals surface area contributed by atoms with Gasteiger partial charge in [0.15, 0.2) is 0 Å². The monoisotopic (exact) mass is 203 g/mol. The van der Waals surface area contributed by atoms with Crippen molar-refractivity contribution in [2.24, 2.45) is 11.7 Å². The molecule has 0 spiro atoms. The van der Waals surface area contributed by atoms with Crippen LogP contribution in [0.3, 0.4) is 0 Å². The van der Waals surface area contributed by atoms with Gasteiger partial charge in [0.2, 0.25) is 0 Å². The van der Waals surface area contributed by atoms with Crippen LogP contribution in [0.1, 0.15) is 34.1 Å². The molecule has 3 heteroatoms. The number of nitrogens with two attached hydrogens (primary N) is 1. The Morgan fingerprint density at radius 3 is 2.29 bits per heavy atom. The lowest BCUT2D eigenvalue weighted by Gasteiger charge is -2.21. The van der Waals surface area contributed by atoms with Crippen molar-refractivity contribution in [2.75, 3.05) is 19.8 Å². The second kappa shape index (κ2) is 8.21. The predicted molar refractivity (Wildman–Crippen MR) is 59.3 cm³/mol. The Hall–Kier alpha value is -0.120. The first-order valence-electron chi connectivity index (χ1n) is 5.56. The van der Waals surface area contributed by atoms with E-state index in [-0.39, 0.29) is 12.1 Å². The predicted octanol–water partition coefficient (Wildman–Crippen LogP) is 1.80. The standard InChI is InChI=1S/C11H25NO2/c1-5-9(3)11(12)8-14-10(4)7-13-6-2/h9-11H,5-8,12H2,1-4H3. The molecule has 0 saturated heterocycles. The third-order valence-corrected chi connectivity index (χ3v) is 2.50. The molecule has 86 valence electrons. The van der Waals surface area contributed by atoms with Crippen LogP contribution in [0.5, 0.6) is 0 Å². The maximum atomic E-state index is 5.94. The van der Waals surface area contributed by atoms with E-state index in [0.717, 1.165) is 13.0 Å². The van der Waals surface area contributed by atoms with Gasteiger partial charge in [-0.25, -0.2) is 0 Å². The highest BCUT2D eigenvalue weighted by Crippen LogP contribution is 2.06. The Morgan fingerprint density at radius 1 is 1.14 bits per heavy atom. The molecule has 0 amide bonds. The van der Waals surface area contributed by atoms with Crippen LogP contribution in [-0.2, 0) is 9.47 Å². The van der Waals surface area contributed by atoms with Crippen molar-refractivity contribution in [2.45, 2.75) is 46.3 Å². The molecule has 0 radical (unpaired) electrons. The summed E-state index contributed by atoms with van der Waals surface area (Å²) in [6.45, 7) is 10.3. The van der Waals surface area contributed by atoms with E-state index >= 15 is 0 Å². The van der Waals surface area contributed by atoms with Crippen LogP contribution < -0.4 is 5.73 Å². The fourth-order valence-corrected chi connectivity index (χ4v) is 1.07. The molecule has 0 saturated carbocycles. The molecule has 0 rings (SSSR count). The number of hydrogen-bond donors (Lipinski definition) is 1. The summed E-state index contributed by atoms with van der Waals surface area (Å²) in [5, 5.41) is 0. The average molecular weight is 203 g/mol. The van der Waals surface area contributed by atoms with Gasteiger partial charge in [0.05, 0.1) is 19.3 Å². The van der Waals surface area contributed by atoms with Crippen LogP contribution in [0.25, 0.3) is 0 Å². The van der Waals surface area contributed by atoms with Gasteiger partial charge in [0.25, 0.3) is 0 Å². The van der Waals surface area contributed by atoms with E-state index in [1.165, 1.54) is 0 Å². The van der Waals surface area contributed by atoms with Crippen LogP contribution in [-0.4, -0.2) is 32.0 Å². The number of rotatable bonds is 8. The molecule has 0 fully saturated rings. The molecule has 3 atom stereocenters. The first-order chi connectivity index (χ1) is 6.61. The topological polar surface area (TPSA) is 44.5 Å². The summed E-state index contributed by atoms with van der Waals surface area (Å²) in [6, 6.07) is 0.143. The van der Waals surface area contributed by atoms with Crippen molar-refractivity contribution in [3.8, 4) is 0 Å². The summed E-state index contributed by atoms with van der Waals surface area (Å²) in [4.78, 5) is 0. The molecule has 3 nitrogen and oxygen atoms in total. The van der Waals surface area contributed by atoms with Crippen molar-refractivity contribution in [1.82, 2.24) is 0 Å². The highest BCUT2D eigenvalue weighted by Gasteiger charge is 2.12. The first-order valence-corrected chi connectivity index (χ1v) is 5.56. The average Bonchev–Trinajstić information content (AvgIpc) is 2.21. The molecule has 0 aromatic rings. The molecule has 0 aromatic carbocycles. The lowest BCUT2D eigenvalue weighted by Crippen LogP contribution is -2.35. The second-order valence-corrected chi connectivity index (χ2v) is 3.85. The van der Waals surface area contributed by atoms with E-state index in [1.54, 1.807) is 0 Å². The third-order valence-electron chi connectivity index (χ3n) is 2.50. The first kappa shape index (κ1) is 13.9. The van der Waals surface area contributed by atoms with Gasteiger partial charge in [-0.3, -0.25) is 0 Å². The Kier molecular flexibility index (Phi) is 8.14. The Labute approximate surface area is 88.0 Å². The zero-order valence-electron chi connectivity index (χ0n) is 9.95. The minimum atomic E-state index is 0.143. The maximum Gasteiger partial charge on any atom is 0.0781 e. The number of ether oxygens (including phenoxy) is 2. The fourth-order valence-electron chi connectivity index (χ4n) is 1.07. The zero-order valence-corrected chi connectivity index (χ0v) is 9.95. The van der Waals surface area contributed by atoms with Gasteiger partial charge in [-0.05, 0) is 19.8 Å². The van der Waals surface area contributed by atoms with Crippen LogP contribution >= 0.6 is 0 Å². The maximum absolute atomic E-state index is 5.94. The van der Waals surface area contributed by atoms with Crippen molar-refractivity contribution in [3.63, 3.8) is 0 Å². The minimum Gasteiger partial charge on any atom is -0.379 e. The summed E-state index contributed by atoms with van der Waals surface area (Å²) in [5.74, 6) is 0.522. The quantitative estimate of drug-likeness (QED) is 0.654. The molecule has 0 aromatic heterocycles. The van der Waals surface area contributed by atoms with E-state index in [9.17, 15) is 0 Å². The van der Waals surface area contributed by atoms with E-state index in [2.05, 4.69) is 13.8 Å². The molecule has 0 aliphatic heterocycles. The summed E-state index contributed by atoms with van der Waals surface area (Å²) < 4.78 is 10.8. The van der Waals surface area contributed by atoms with E-state index in [1.807, 2.05) is 13.8 Å². The Bertz CT molecular complexity index is 130. The minimum absolute atomic E-state index is 0.143. The summed E-state index contributed by atoms with van der Waals surface area (Å²) >= 11 is 0. The van der Waals surface area contributed by atoms with Crippen molar-refractivity contribution in [1.29, 1.82) is 0 Å². The largest absolute Gasteiger partial charge is 0.379 e. The second-order valence-electron chi connectivity index (χ2n) is 3.85. The van der Waals surface area contributed by atoms with Crippen molar-refractivity contribution >= 4 is 0 Å². The molecule has 2 N–H and O–H groups in total. The van der Waals surface area contributed by atoms with Gasteiger partial charge in [-0.15, -0.1) is 0 Å². The Balaban J connectivity index is 3.50.